The Hall–Kier alpha value is -0.0900. The van der Waals surface area contributed by atoms with Crippen LogP contribution < -0.4 is 0 Å². The first kappa shape index (κ1) is 25.9. The van der Waals surface area contributed by atoms with Crippen molar-refractivity contribution >= 4 is 10.1 Å². The lowest BCUT2D eigenvalue weighted by Crippen LogP contribution is -2.18. The smallest absolute Gasteiger partial charge is 0.264 e. The van der Waals surface area contributed by atoms with Crippen LogP contribution in [0, 0.1) is 11.3 Å². The van der Waals surface area contributed by atoms with Gasteiger partial charge in [0.1, 0.15) is 0 Å². The van der Waals surface area contributed by atoms with Crippen LogP contribution in [0.2, 0.25) is 0 Å². The van der Waals surface area contributed by atoms with Gasteiger partial charge in [-0.1, -0.05) is 105 Å². The summed E-state index contributed by atoms with van der Waals surface area (Å²) in [6.45, 7) is 11.5. The van der Waals surface area contributed by atoms with Crippen molar-refractivity contribution in [3.05, 3.63) is 0 Å². The molecule has 0 heterocycles. The zero-order valence-corrected chi connectivity index (χ0v) is 19.3. The lowest BCUT2D eigenvalue weighted by molar-refractivity contribution is 0.181. The van der Waals surface area contributed by atoms with Crippen LogP contribution in [0.1, 0.15) is 118 Å². The lowest BCUT2D eigenvalue weighted by Gasteiger charge is -2.27. The fourth-order valence-corrected chi connectivity index (χ4v) is 3.94. The summed E-state index contributed by atoms with van der Waals surface area (Å²) in [7, 11) is -3.35. The molecule has 0 saturated heterocycles. The SMILES string of the molecule is CCCCCCCCC(CCCCCCC(C)C(C)(C)C)OS(C)(=O)=O. The Morgan fingerprint density at radius 3 is 1.62 bits per heavy atom. The summed E-state index contributed by atoms with van der Waals surface area (Å²) in [5, 5.41) is 0. The molecule has 0 aliphatic carbocycles. The molecule has 158 valence electrons. The average Bonchev–Trinajstić information content (AvgIpc) is 2.51. The molecule has 0 radical (unpaired) electrons. The standard InChI is InChI=1S/C22H46O3S/c1-7-8-9-10-11-15-18-21(25-26(6,23)24)19-16-13-12-14-17-20(2)22(3,4)5/h20-21H,7-19H2,1-6H3. The van der Waals surface area contributed by atoms with E-state index in [1.165, 1.54) is 64.0 Å². The van der Waals surface area contributed by atoms with Crippen LogP contribution in [0.25, 0.3) is 0 Å². The maximum atomic E-state index is 11.5. The van der Waals surface area contributed by atoms with Crippen LogP contribution in [0.5, 0.6) is 0 Å². The zero-order valence-electron chi connectivity index (χ0n) is 18.5. The van der Waals surface area contributed by atoms with E-state index in [0.29, 0.717) is 5.41 Å². The van der Waals surface area contributed by atoms with Crippen LogP contribution in [0.4, 0.5) is 0 Å². The Kier molecular flexibility index (Phi) is 13.9. The molecular formula is C22H46O3S. The Bertz CT molecular complexity index is 423. The van der Waals surface area contributed by atoms with E-state index in [2.05, 4.69) is 34.6 Å². The van der Waals surface area contributed by atoms with Gasteiger partial charge < -0.3 is 0 Å². The summed E-state index contributed by atoms with van der Waals surface area (Å²) in [4.78, 5) is 0. The highest BCUT2D eigenvalue weighted by Gasteiger charge is 2.19. The summed E-state index contributed by atoms with van der Waals surface area (Å²) in [5.41, 5.74) is 0.394. The molecule has 0 aromatic carbocycles. The summed E-state index contributed by atoms with van der Waals surface area (Å²) in [6, 6.07) is 0. The average molecular weight is 391 g/mol. The van der Waals surface area contributed by atoms with Gasteiger partial charge in [0, 0.05) is 0 Å². The van der Waals surface area contributed by atoms with Gasteiger partial charge in [-0.3, -0.25) is 4.18 Å². The molecule has 0 aliphatic heterocycles. The number of rotatable bonds is 16. The van der Waals surface area contributed by atoms with Crippen LogP contribution in [-0.4, -0.2) is 20.8 Å². The minimum absolute atomic E-state index is 0.121. The molecule has 0 aliphatic rings. The summed E-state index contributed by atoms with van der Waals surface area (Å²) in [6.07, 6.45) is 16.2. The van der Waals surface area contributed by atoms with Crippen molar-refractivity contribution in [1.29, 1.82) is 0 Å². The summed E-state index contributed by atoms with van der Waals surface area (Å²) >= 11 is 0. The van der Waals surface area contributed by atoms with Gasteiger partial charge in [0.15, 0.2) is 0 Å². The Balaban J connectivity index is 3.97. The number of hydrogen-bond donors (Lipinski definition) is 0. The molecule has 0 aromatic rings. The lowest BCUT2D eigenvalue weighted by atomic mass is 9.79. The molecule has 0 spiro atoms. The van der Waals surface area contributed by atoms with Gasteiger partial charge in [0.25, 0.3) is 10.1 Å². The third-order valence-electron chi connectivity index (χ3n) is 5.58. The molecule has 0 amide bonds. The van der Waals surface area contributed by atoms with E-state index in [0.717, 1.165) is 31.6 Å². The van der Waals surface area contributed by atoms with Gasteiger partial charge in [-0.25, -0.2) is 0 Å². The molecule has 0 fully saturated rings. The van der Waals surface area contributed by atoms with E-state index in [-0.39, 0.29) is 6.10 Å². The summed E-state index contributed by atoms with van der Waals surface area (Å²) < 4.78 is 28.3. The van der Waals surface area contributed by atoms with Crippen molar-refractivity contribution in [3.8, 4) is 0 Å². The molecule has 0 aromatic heterocycles. The van der Waals surface area contributed by atoms with Gasteiger partial charge in [-0.05, 0) is 24.2 Å². The maximum Gasteiger partial charge on any atom is 0.264 e. The van der Waals surface area contributed by atoms with E-state index in [9.17, 15) is 8.42 Å². The molecule has 0 saturated carbocycles. The predicted molar refractivity (Wildman–Crippen MR) is 114 cm³/mol. The minimum Gasteiger partial charge on any atom is -0.267 e. The Labute approximate surface area is 164 Å². The van der Waals surface area contributed by atoms with Gasteiger partial charge in [-0.15, -0.1) is 0 Å². The van der Waals surface area contributed by atoms with E-state index in [1.54, 1.807) is 0 Å². The van der Waals surface area contributed by atoms with Crippen molar-refractivity contribution in [2.45, 2.75) is 124 Å². The van der Waals surface area contributed by atoms with Crippen molar-refractivity contribution in [2.75, 3.05) is 6.26 Å². The molecule has 2 unspecified atom stereocenters. The second-order valence-electron chi connectivity index (χ2n) is 9.24. The van der Waals surface area contributed by atoms with Crippen molar-refractivity contribution in [1.82, 2.24) is 0 Å². The fraction of sp³-hybridized carbons (Fsp3) is 1.00. The van der Waals surface area contributed by atoms with E-state index >= 15 is 0 Å². The molecule has 0 N–H and O–H groups in total. The third-order valence-corrected chi connectivity index (χ3v) is 6.20. The normalized spacial score (nSPS) is 15.2. The zero-order chi connectivity index (χ0) is 20.1. The van der Waals surface area contributed by atoms with Gasteiger partial charge in [0.2, 0.25) is 0 Å². The van der Waals surface area contributed by atoms with Gasteiger partial charge in [-0.2, -0.15) is 8.42 Å². The highest BCUT2D eigenvalue weighted by Crippen LogP contribution is 2.29. The number of unbranched alkanes of at least 4 members (excludes halogenated alkanes) is 8. The van der Waals surface area contributed by atoms with Crippen molar-refractivity contribution < 1.29 is 12.6 Å². The van der Waals surface area contributed by atoms with Gasteiger partial charge >= 0.3 is 0 Å². The third kappa shape index (κ3) is 16.1. The second-order valence-corrected chi connectivity index (χ2v) is 10.8. The topological polar surface area (TPSA) is 43.4 Å². The Morgan fingerprint density at radius 2 is 1.19 bits per heavy atom. The first-order valence-corrected chi connectivity index (χ1v) is 12.8. The monoisotopic (exact) mass is 390 g/mol. The van der Waals surface area contributed by atoms with Crippen LogP contribution in [0.15, 0.2) is 0 Å². The molecule has 0 bridgehead atoms. The second kappa shape index (κ2) is 14.0. The van der Waals surface area contributed by atoms with E-state index < -0.39 is 10.1 Å². The highest BCUT2D eigenvalue weighted by molar-refractivity contribution is 7.86. The predicted octanol–water partition coefficient (Wildman–Crippen LogP) is 7.10. The Morgan fingerprint density at radius 1 is 0.769 bits per heavy atom. The van der Waals surface area contributed by atoms with E-state index in [4.69, 9.17) is 4.18 Å². The molecule has 26 heavy (non-hydrogen) atoms. The van der Waals surface area contributed by atoms with Crippen LogP contribution in [0.3, 0.4) is 0 Å². The number of hydrogen-bond acceptors (Lipinski definition) is 3. The quantitative estimate of drug-likeness (QED) is 0.208. The summed E-state index contributed by atoms with van der Waals surface area (Å²) in [5.74, 6) is 0.747. The highest BCUT2D eigenvalue weighted by atomic mass is 32.2. The van der Waals surface area contributed by atoms with Crippen molar-refractivity contribution in [2.24, 2.45) is 11.3 Å². The first-order valence-electron chi connectivity index (χ1n) is 10.9. The molecule has 4 heteroatoms. The van der Waals surface area contributed by atoms with E-state index in [1.807, 2.05) is 0 Å². The molecule has 3 nitrogen and oxygen atoms in total. The van der Waals surface area contributed by atoms with Crippen molar-refractivity contribution in [3.63, 3.8) is 0 Å². The maximum absolute atomic E-state index is 11.5. The minimum atomic E-state index is -3.35. The molecule has 2 atom stereocenters. The molecule has 0 rings (SSSR count). The fourth-order valence-electron chi connectivity index (χ4n) is 3.25. The van der Waals surface area contributed by atoms with Gasteiger partial charge in [0.05, 0.1) is 12.4 Å². The largest absolute Gasteiger partial charge is 0.267 e. The van der Waals surface area contributed by atoms with Crippen LogP contribution in [-0.2, 0) is 14.3 Å². The van der Waals surface area contributed by atoms with Crippen LogP contribution >= 0.6 is 0 Å². The molecular weight excluding hydrogens is 344 g/mol. The first-order chi connectivity index (χ1) is 12.1.